The minimum absolute atomic E-state index is 0.0913. The van der Waals surface area contributed by atoms with Gasteiger partial charge in [-0.2, -0.15) is 0 Å². The van der Waals surface area contributed by atoms with Crippen LogP contribution in [0.15, 0.2) is 97.2 Å². The first-order valence-corrected chi connectivity index (χ1v) is 28.2. The lowest BCUT2D eigenvalue weighted by atomic mass is 10.0. The Balaban J connectivity index is 4.39. The molecule has 0 aromatic heterocycles. The predicted octanol–water partition coefficient (Wildman–Crippen LogP) is 18.9. The Bertz CT molecular complexity index is 1360. The molecule has 388 valence electrons. The summed E-state index contributed by atoms with van der Waals surface area (Å²) in [6, 6.07) is 0. The summed E-state index contributed by atoms with van der Waals surface area (Å²) in [5.41, 5.74) is 0. The number of ether oxygens (including phenoxy) is 3. The van der Waals surface area contributed by atoms with Crippen molar-refractivity contribution in [2.45, 2.75) is 264 Å². The molecule has 0 radical (unpaired) electrons. The monoisotopic (exact) mass is 945 g/mol. The van der Waals surface area contributed by atoms with E-state index in [0.29, 0.717) is 19.3 Å². The summed E-state index contributed by atoms with van der Waals surface area (Å²) in [5.74, 6) is -0.931. The summed E-state index contributed by atoms with van der Waals surface area (Å²) in [5, 5.41) is 0. The zero-order valence-corrected chi connectivity index (χ0v) is 44.3. The quantitative estimate of drug-likeness (QED) is 0.0262. The maximum absolute atomic E-state index is 12.8. The number of unbranched alkanes of at least 4 members (excludes halogenated alkanes) is 23. The molecular weight excluding hydrogens is 841 g/mol. The van der Waals surface area contributed by atoms with Crippen molar-refractivity contribution in [3.63, 3.8) is 0 Å². The van der Waals surface area contributed by atoms with Gasteiger partial charge in [0.1, 0.15) is 13.2 Å². The first-order chi connectivity index (χ1) is 33.5. The van der Waals surface area contributed by atoms with E-state index >= 15 is 0 Å². The Morgan fingerprint density at radius 3 is 0.956 bits per heavy atom. The van der Waals surface area contributed by atoms with E-state index in [0.717, 1.165) is 116 Å². The standard InChI is InChI=1S/C62H104O6/c1-4-7-10-13-16-19-22-25-26-27-28-29-30-31-32-33-34-35-36-38-40-43-46-49-52-55-61(64)67-58-59(57-66-60(63)54-51-48-45-42-39-24-21-18-15-12-9-6-3)68-62(65)56-53-50-47-44-41-37-23-20-17-14-11-8-5-2/h7,10,16,18-19,21,25-26,28-29,31-32,34-35,38,40,59H,4-6,8-9,11-15,17,20,22-24,27,30,33,36-37,39,41-58H2,1-3H3/b10-7-,19-16-,21-18-,26-25-,29-28-,32-31-,35-34-,40-38-. The van der Waals surface area contributed by atoms with Crippen LogP contribution in [-0.4, -0.2) is 37.2 Å². The van der Waals surface area contributed by atoms with Crippen molar-refractivity contribution in [3.8, 4) is 0 Å². The third kappa shape index (κ3) is 53.3. The summed E-state index contributed by atoms with van der Waals surface area (Å²) < 4.78 is 16.8. The SMILES string of the molecule is CC/C=C\C/C=C\C/C=C\C/C=C\C/C=C\C/C=C\C/C=C\CCCCCC(=O)OCC(COC(=O)CCCCCCC/C=C\CCCCC)OC(=O)CCCCCCCCCCCCCCC. The molecule has 0 bridgehead atoms. The molecule has 1 unspecified atom stereocenters. The van der Waals surface area contributed by atoms with Crippen LogP contribution in [0, 0.1) is 0 Å². The molecule has 0 aromatic rings. The Morgan fingerprint density at radius 2 is 0.574 bits per heavy atom. The summed E-state index contributed by atoms with van der Waals surface area (Å²) in [7, 11) is 0. The normalized spacial score (nSPS) is 12.8. The molecule has 0 aromatic carbocycles. The molecule has 0 aliphatic carbocycles. The van der Waals surface area contributed by atoms with Gasteiger partial charge in [-0.05, 0) is 103 Å². The van der Waals surface area contributed by atoms with E-state index in [1.54, 1.807) is 0 Å². The number of hydrogen-bond donors (Lipinski definition) is 0. The third-order valence-electron chi connectivity index (χ3n) is 11.8. The summed E-state index contributed by atoms with van der Waals surface area (Å²) in [4.78, 5) is 38.0. The van der Waals surface area contributed by atoms with E-state index in [2.05, 4.69) is 118 Å². The highest BCUT2D eigenvalue weighted by molar-refractivity contribution is 5.71. The highest BCUT2D eigenvalue weighted by Gasteiger charge is 2.19. The van der Waals surface area contributed by atoms with E-state index < -0.39 is 6.10 Å². The molecule has 0 saturated carbocycles. The van der Waals surface area contributed by atoms with Crippen molar-refractivity contribution < 1.29 is 28.6 Å². The number of esters is 3. The number of carbonyl (C=O) groups excluding carboxylic acids is 3. The van der Waals surface area contributed by atoms with Gasteiger partial charge in [-0.15, -0.1) is 0 Å². The molecule has 0 N–H and O–H groups in total. The number of allylic oxidation sites excluding steroid dienone is 16. The van der Waals surface area contributed by atoms with Gasteiger partial charge in [0.15, 0.2) is 6.10 Å². The van der Waals surface area contributed by atoms with Crippen LogP contribution in [0.5, 0.6) is 0 Å². The smallest absolute Gasteiger partial charge is 0.306 e. The Morgan fingerprint density at radius 1 is 0.309 bits per heavy atom. The van der Waals surface area contributed by atoms with Crippen LogP contribution >= 0.6 is 0 Å². The highest BCUT2D eigenvalue weighted by atomic mass is 16.6. The maximum atomic E-state index is 12.8. The summed E-state index contributed by atoms with van der Waals surface area (Å²) in [6.45, 7) is 6.47. The Labute approximate surface area is 419 Å². The minimum atomic E-state index is -0.793. The molecule has 0 heterocycles. The van der Waals surface area contributed by atoms with Crippen molar-refractivity contribution in [2.75, 3.05) is 13.2 Å². The van der Waals surface area contributed by atoms with Gasteiger partial charge >= 0.3 is 17.9 Å². The number of hydrogen-bond acceptors (Lipinski definition) is 6. The first-order valence-electron chi connectivity index (χ1n) is 28.2. The van der Waals surface area contributed by atoms with Crippen LogP contribution in [-0.2, 0) is 28.6 Å². The second-order valence-electron chi connectivity index (χ2n) is 18.5. The fourth-order valence-electron chi connectivity index (χ4n) is 7.59. The molecular formula is C62H104O6. The van der Waals surface area contributed by atoms with Crippen LogP contribution in [0.25, 0.3) is 0 Å². The zero-order chi connectivity index (χ0) is 49.3. The summed E-state index contributed by atoms with van der Waals surface area (Å²) >= 11 is 0. The molecule has 68 heavy (non-hydrogen) atoms. The Kier molecular flexibility index (Phi) is 52.9. The van der Waals surface area contributed by atoms with Crippen molar-refractivity contribution in [2.24, 2.45) is 0 Å². The fourth-order valence-corrected chi connectivity index (χ4v) is 7.59. The van der Waals surface area contributed by atoms with Crippen LogP contribution in [0.1, 0.15) is 258 Å². The van der Waals surface area contributed by atoms with E-state index in [-0.39, 0.29) is 31.1 Å². The van der Waals surface area contributed by atoms with Crippen molar-refractivity contribution in [1.82, 2.24) is 0 Å². The van der Waals surface area contributed by atoms with Crippen LogP contribution in [0.2, 0.25) is 0 Å². The second kappa shape index (κ2) is 55.9. The maximum Gasteiger partial charge on any atom is 0.306 e. The van der Waals surface area contributed by atoms with E-state index in [9.17, 15) is 14.4 Å². The average molecular weight is 946 g/mol. The highest BCUT2D eigenvalue weighted by Crippen LogP contribution is 2.15. The van der Waals surface area contributed by atoms with Crippen molar-refractivity contribution >= 4 is 17.9 Å². The summed E-state index contributed by atoms with van der Waals surface area (Å²) in [6.07, 6.45) is 74.0. The topological polar surface area (TPSA) is 78.9 Å². The van der Waals surface area contributed by atoms with E-state index in [4.69, 9.17) is 14.2 Å². The van der Waals surface area contributed by atoms with Gasteiger partial charge < -0.3 is 14.2 Å². The van der Waals surface area contributed by atoms with Crippen LogP contribution in [0.3, 0.4) is 0 Å². The molecule has 0 aliphatic heterocycles. The van der Waals surface area contributed by atoms with Gasteiger partial charge in [-0.3, -0.25) is 14.4 Å². The molecule has 0 spiro atoms. The van der Waals surface area contributed by atoms with E-state index in [1.165, 1.54) is 103 Å². The van der Waals surface area contributed by atoms with Crippen LogP contribution < -0.4 is 0 Å². The molecule has 0 saturated heterocycles. The van der Waals surface area contributed by atoms with Crippen molar-refractivity contribution in [3.05, 3.63) is 97.2 Å². The lowest BCUT2D eigenvalue weighted by Gasteiger charge is -2.18. The third-order valence-corrected chi connectivity index (χ3v) is 11.8. The lowest BCUT2D eigenvalue weighted by Crippen LogP contribution is -2.30. The largest absolute Gasteiger partial charge is 0.462 e. The van der Waals surface area contributed by atoms with Gasteiger partial charge in [-0.1, -0.05) is 234 Å². The first kappa shape index (κ1) is 64.3. The van der Waals surface area contributed by atoms with Crippen molar-refractivity contribution in [1.29, 1.82) is 0 Å². The average Bonchev–Trinajstić information content (AvgIpc) is 3.34. The fraction of sp³-hybridized carbons (Fsp3) is 0.694. The molecule has 0 fully saturated rings. The number of carbonyl (C=O) groups is 3. The predicted molar refractivity (Wildman–Crippen MR) is 293 cm³/mol. The molecule has 6 heteroatoms. The molecule has 1 atom stereocenters. The van der Waals surface area contributed by atoms with Gasteiger partial charge in [0.2, 0.25) is 0 Å². The molecule has 0 aliphatic rings. The lowest BCUT2D eigenvalue weighted by molar-refractivity contribution is -0.167. The van der Waals surface area contributed by atoms with Gasteiger partial charge in [-0.25, -0.2) is 0 Å². The van der Waals surface area contributed by atoms with Gasteiger partial charge in [0, 0.05) is 19.3 Å². The zero-order valence-electron chi connectivity index (χ0n) is 44.3. The second-order valence-corrected chi connectivity index (χ2v) is 18.5. The van der Waals surface area contributed by atoms with E-state index in [1.807, 2.05) is 0 Å². The molecule has 0 rings (SSSR count). The minimum Gasteiger partial charge on any atom is -0.462 e. The molecule has 6 nitrogen and oxygen atoms in total. The van der Waals surface area contributed by atoms with Crippen LogP contribution in [0.4, 0.5) is 0 Å². The molecule has 0 amide bonds. The Hall–Kier alpha value is -3.67. The van der Waals surface area contributed by atoms with Gasteiger partial charge in [0.25, 0.3) is 0 Å². The number of rotatable bonds is 50. The van der Waals surface area contributed by atoms with Gasteiger partial charge in [0.05, 0.1) is 0 Å².